The van der Waals surface area contributed by atoms with Crippen LogP contribution in [0.15, 0.2) is 29.6 Å². The van der Waals surface area contributed by atoms with Crippen LogP contribution < -0.4 is 5.32 Å². The largest absolute Gasteiger partial charge is 0.382 e. The van der Waals surface area contributed by atoms with Crippen molar-refractivity contribution in [3.63, 3.8) is 0 Å². The molecule has 3 heteroatoms. The highest BCUT2D eigenvalue weighted by Crippen LogP contribution is 2.36. The molecule has 0 unspecified atom stereocenters. The maximum atomic E-state index is 4.58. The fourth-order valence-corrected chi connectivity index (χ4v) is 3.67. The van der Waals surface area contributed by atoms with Crippen LogP contribution in [-0.4, -0.2) is 11.0 Å². The Hall–Kier alpha value is -1.35. The second-order valence-electron chi connectivity index (χ2n) is 6.92. The van der Waals surface area contributed by atoms with Crippen LogP contribution in [0.25, 0.3) is 11.3 Å². The summed E-state index contributed by atoms with van der Waals surface area (Å²) in [5.41, 5.74) is 4.05. The quantitative estimate of drug-likeness (QED) is 0.809. The van der Waals surface area contributed by atoms with E-state index in [1.807, 2.05) is 0 Å². The Bertz CT molecular complexity index is 605. The first-order valence-corrected chi connectivity index (χ1v) is 8.69. The van der Waals surface area contributed by atoms with Crippen LogP contribution in [0.4, 0.5) is 5.69 Å². The van der Waals surface area contributed by atoms with Crippen LogP contribution >= 0.6 is 11.3 Å². The minimum absolute atomic E-state index is 0.526. The maximum absolute atomic E-state index is 4.58. The summed E-state index contributed by atoms with van der Waals surface area (Å²) in [5, 5.41) is 6.97. The van der Waals surface area contributed by atoms with Crippen molar-refractivity contribution in [1.82, 2.24) is 4.98 Å². The van der Waals surface area contributed by atoms with Crippen molar-refractivity contribution >= 4 is 17.0 Å². The van der Waals surface area contributed by atoms with E-state index in [0.29, 0.717) is 11.5 Å². The predicted molar refractivity (Wildman–Crippen MR) is 91.9 cm³/mol. The topological polar surface area (TPSA) is 24.9 Å². The summed E-state index contributed by atoms with van der Waals surface area (Å²) in [7, 11) is 0. The summed E-state index contributed by atoms with van der Waals surface area (Å²) >= 11 is 1.71. The Balaban J connectivity index is 1.69. The van der Waals surface area contributed by atoms with Crippen molar-refractivity contribution in [3.8, 4) is 11.3 Å². The minimum Gasteiger partial charge on any atom is -0.382 e. The number of nitrogens with zero attached hydrogens (tertiary/aromatic N) is 1. The Kier molecular flexibility index (Phi) is 4.03. The van der Waals surface area contributed by atoms with E-state index in [1.54, 1.807) is 11.3 Å². The summed E-state index contributed by atoms with van der Waals surface area (Å²) in [6.45, 7) is 6.82. The van der Waals surface area contributed by atoms with Gasteiger partial charge in [0.2, 0.25) is 0 Å². The molecule has 2 nitrogen and oxygen atoms in total. The van der Waals surface area contributed by atoms with Crippen molar-refractivity contribution in [1.29, 1.82) is 0 Å². The van der Waals surface area contributed by atoms with Crippen LogP contribution in [0.5, 0.6) is 0 Å². The fraction of sp³-hybridized carbons (Fsp3) is 0.500. The summed E-state index contributed by atoms with van der Waals surface area (Å²) in [4.78, 5) is 4.58. The number of thiazole rings is 1. The number of aryl methyl sites for hydroxylation is 1. The number of benzene rings is 1. The summed E-state index contributed by atoms with van der Waals surface area (Å²) in [5.74, 6) is 0. The molecule has 0 atom stereocenters. The van der Waals surface area contributed by atoms with Crippen molar-refractivity contribution in [3.05, 3.63) is 34.7 Å². The first-order chi connectivity index (χ1) is 10.0. The molecule has 1 aromatic carbocycles. The van der Waals surface area contributed by atoms with E-state index in [1.165, 1.54) is 36.9 Å². The zero-order valence-corrected chi connectivity index (χ0v) is 14.0. The van der Waals surface area contributed by atoms with E-state index in [-0.39, 0.29) is 0 Å². The van der Waals surface area contributed by atoms with Gasteiger partial charge in [0.1, 0.15) is 0 Å². The lowest BCUT2D eigenvalue weighted by molar-refractivity contribution is 0.232. The predicted octanol–water partition coefficient (Wildman–Crippen LogP) is 5.50. The first kappa shape index (κ1) is 14.6. The molecule has 0 spiro atoms. The Morgan fingerprint density at radius 1 is 1.24 bits per heavy atom. The second kappa shape index (κ2) is 5.80. The van der Waals surface area contributed by atoms with E-state index in [2.05, 4.69) is 60.7 Å². The molecule has 1 heterocycles. The SMILES string of the molecule is Cc1nc(-c2cccc(NC3CCC(C)(C)CC3)c2)cs1. The molecule has 1 saturated carbocycles. The van der Waals surface area contributed by atoms with Crippen molar-refractivity contribution in [2.75, 3.05) is 5.32 Å². The van der Waals surface area contributed by atoms with Crippen LogP contribution in [-0.2, 0) is 0 Å². The molecule has 0 bridgehead atoms. The number of nitrogens with one attached hydrogen (secondary N) is 1. The van der Waals surface area contributed by atoms with Gasteiger partial charge in [-0.15, -0.1) is 11.3 Å². The van der Waals surface area contributed by atoms with Crippen LogP contribution in [0, 0.1) is 12.3 Å². The number of hydrogen-bond acceptors (Lipinski definition) is 3. The van der Waals surface area contributed by atoms with Gasteiger partial charge >= 0.3 is 0 Å². The number of anilines is 1. The molecule has 1 aliphatic carbocycles. The summed E-state index contributed by atoms with van der Waals surface area (Å²) in [6, 6.07) is 9.28. The number of rotatable bonds is 3. The van der Waals surface area contributed by atoms with Gasteiger partial charge in [0.15, 0.2) is 0 Å². The van der Waals surface area contributed by atoms with Gasteiger partial charge in [0.25, 0.3) is 0 Å². The number of hydrogen-bond donors (Lipinski definition) is 1. The zero-order chi connectivity index (χ0) is 14.9. The van der Waals surface area contributed by atoms with E-state index < -0.39 is 0 Å². The average Bonchev–Trinajstić information content (AvgIpc) is 2.88. The third-order valence-corrected chi connectivity index (χ3v) is 5.26. The van der Waals surface area contributed by atoms with E-state index in [0.717, 1.165) is 10.7 Å². The Morgan fingerprint density at radius 3 is 2.67 bits per heavy atom. The van der Waals surface area contributed by atoms with Gasteiger partial charge in [-0.1, -0.05) is 26.0 Å². The van der Waals surface area contributed by atoms with E-state index in [9.17, 15) is 0 Å². The normalized spacial score (nSPS) is 18.6. The van der Waals surface area contributed by atoms with Crippen molar-refractivity contribution < 1.29 is 0 Å². The van der Waals surface area contributed by atoms with Gasteiger partial charge in [-0.2, -0.15) is 0 Å². The van der Waals surface area contributed by atoms with Crippen molar-refractivity contribution in [2.24, 2.45) is 5.41 Å². The van der Waals surface area contributed by atoms with Gasteiger partial charge < -0.3 is 5.32 Å². The lowest BCUT2D eigenvalue weighted by atomic mass is 9.75. The molecule has 21 heavy (non-hydrogen) atoms. The first-order valence-electron chi connectivity index (χ1n) is 7.81. The fourth-order valence-electron chi connectivity index (χ4n) is 3.04. The molecule has 1 aliphatic rings. The molecular weight excluding hydrogens is 276 g/mol. The van der Waals surface area contributed by atoms with Crippen LogP contribution in [0.2, 0.25) is 0 Å². The zero-order valence-electron chi connectivity index (χ0n) is 13.1. The number of aromatic nitrogens is 1. The highest BCUT2D eigenvalue weighted by atomic mass is 32.1. The lowest BCUT2D eigenvalue weighted by Crippen LogP contribution is -2.29. The molecule has 0 aliphatic heterocycles. The standard InChI is InChI=1S/C18H24N2S/c1-13-19-17(12-21-13)14-5-4-6-16(11-14)20-15-7-9-18(2,3)10-8-15/h4-6,11-12,15,20H,7-10H2,1-3H3. The van der Waals surface area contributed by atoms with Gasteiger partial charge in [0, 0.05) is 22.7 Å². The van der Waals surface area contributed by atoms with Gasteiger partial charge in [0.05, 0.1) is 10.7 Å². The van der Waals surface area contributed by atoms with E-state index >= 15 is 0 Å². The summed E-state index contributed by atoms with van der Waals surface area (Å²) in [6.07, 6.45) is 5.17. The molecule has 2 aromatic rings. The van der Waals surface area contributed by atoms with Crippen LogP contribution in [0.3, 0.4) is 0 Å². The molecule has 0 saturated heterocycles. The third kappa shape index (κ3) is 3.65. The summed E-state index contributed by atoms with van der Waals surface area (Å²) < 4.78 is 0. The monoisotopic (exact) mass is 300 g/mol. The second-order valence-corrected chi connectivity index (χ2v) is 7.98. The van der Waals surface area contributed by atoms with Gasteiger partial charge in [-0.3, -0.25) is 0 Å². The molecular formula is C18H24N2S. The molecule has 1 aromatic heterocycles. The van der Waals surface area contributed by atoms with E-state index in [4.69, 9.17) is 0 Å². The molecule has 1 N–H and O–H groups in total. The van der Waals surface area contributed by atoms with Gasteiger partial charge in [-0.25, -0.2) is 4.98 Å². The highest BCUT2D eigenvalue weighted by molar-refractivity contribution is 7.09. The Morgan fingerprint density at radius 2 is 2.00 bits per heavy atom. The smallest absolute Gasteiger partial charge is 0.0901 e. The molecule has 0 radical (unpaired) electrons. The molecule has 3 rings (SSSR count). The van der Waals surface area contributed by atoms with Gasteiger partial charge in [-0.05, 0) is 50.2 Å². The third-order valence-electron chi connectivity index (χ3n) is 4.49. The lowest BCUT2D eigenvalue weighted by Gasteiger charge is -2.35. The molecule has 112 valence electrons. The van der Waals surface area contributed by atoms with Crippen molar-refractivity contribution in [2.45, 2.75) is 52.5 Å². The minimum atomic E-state index is 0.526. The molecule has 0 amide bonds. The Labute approximate surface area is 131 Å². The average molecular weight is 300 g/mol. The van der Waals surface area contributed by atoms with Crippen LogP contribution in [0.1, 0.15) is 44.5 Å². The highest BCUT2D eigenvalue weighted by Gasteiger charge is 2.26. The molecule has 1 fully saturated rings. The maximum Gasteiger partial charge on any atom is 0.0901 e.